The zero-order chi connectivity index (χ0) is 12.7. The molecule has 0 aliphatic heterocycles. The van der Waals surface area contributed by atoms with Crippen molar-refractivity contribution in [2.45, 2.75) is 13.0 Å². The zero-order valence-corrected chi connectivity index (χ0v) is 10.1. The molecule has 0 bridgehead atoms. The first-order chi connectivity index (χ1) is 8.13. The second-order valence-corrected chi connectivity index (χ2v) is 3.84. The van der Waals surface area contributed by atoms with Gasteiger partial charge < -0.3 is 15.7 Å². The van der Waals surface area contributed by atoms with Crippen molar-refractivity contribution in [1.82, 2.24) is 10.6 Å². The van der Waals surface area contributed by atoms with Gasteiger partial charge in [-0.15, -0.1) is 0 Å². The molecule has 0 heterocycles. The lowest BCUT2D eigenvalue weighted by Crippen LogP contribution is -2.41. The van der Waals surface area contributed by atoms with E-state index in [0.717, 1.165) is 5.56 Å². The van der Waals surface area contributed by atoms with Crippen molar-refractivity contribution in [3.8, 4) is 0 Å². The number of carbonyl (C=O) groups is 1. The summed E-state index contributed by atoms with van der Waals surface area (Å²) in [5, 5.41) is 14.5. The molecule has 4 heteroatoms. The van der Waals surface area contributed by atoms with Crippen LogP contribution in [0.15, 0.2) is 30.5 Å². The lowest BCUT2D eigenvalue weighted by molar-refractivity contribution is -0.139. The van der Waals surface area contributed by atoms with E-state index in [2.05, 4.69) is 16.7 Å². The monoisotopic (exact) mass is 234 g/mol. The van der Waals surface area contributed by atoms with E-state index in [9.17, 15) is 4.79 Å². The van der Waals surface area contributed by atoms with Crippen LogP contribution in [0.3, 0.4) is 0 Å². The van der Waals surface area contributed by atoms with Gasteiger partial charge in [0.05, 0.1) is 0 Å². The van der Waals surface area contributed by atoms with Crippen LogP contribution in [0.25, 0.3) is 6.08 Å². The van der Waals surface area contributed by atoms with E-state index in [-0.39, 0.29) is 0 Å². The minimum absolute atomic E-state index is 0.355. The van der Waals surface area contributed by atoms with E-state index in [1.54, 1.807) is 13.2 Å². The molecule has 0 saturated carbocycles. The summed E-state index contributed by atoms with van der Waals surface area (Å²) in [6, 6.07) is 7.51. The average Bonchev–Trinajstić information content (AvgIpc) is 2.28. The molecule has 3 N–H and O–H groups in total. The normalized spacial score (nSPS) is 12.6. The maximum atomic E-state index is 10.7. The number of benzene rings is 1. The van der Waals surface area contributed by atoms with Crippen LogP contribution >= 0.6 is 0 Å². The van der Waals surface area contributed by atoms with Crippen LogP contribution in [0.2, 0.25) is 0 Å². The summed E-state index contributed by atoms with van der Waals surface area (Å²) in [5.41, 5.74) is 2.29. The molecule has 1 atom stereocenters. The Balaban J connectivity index is 2.43. The summed E-state index contributed by atoms with van der Waals surface area (Å²) in [7, 11) is 1.63. The lowest BCUT2D eigenvalue weighted by atomic mass is 10.1. The highest BCUT2D eigenvalue weighted by molar-refractivity contribution is 5.73. The molecule has 0 saturated heterocycles. The van der Waals surface area contributed by atoms with Gasteiger partial charge in [0, 0.05) is 6.54 Å². The van der Waals surface area contributed by atoms with E-state index in [0.29, 0.717) is 6.54 Å². The Morgan fingerprint density at radius 1 is 1.53 bits per heavy atom. The van der Waals surface area contributed by atoms with Crippen LogP contribution in [-0.2, 0) is 4.79 Å². The largest absolute Gasteiger partial charge is 0.480 e. The fourth-order valence-electron chi connectivity index (χ4n) is 1.43. The van der Waals surface area contributed by atoms with E-state index >= 15 is 0 Å². The van der Waals surface area contributed by atoms with Gasteiger partial charge in [-0.1, -0.05) is 29.8 Å². The third-order valence-electron chi connectivity index (χ3n) is 2.40. The smallest absolute Gasteiger partial charge is 0.322 e. The molecular weight excluding hydrogens is 216 g/mol. The molecule has 0 radical (unpaired) electrons. The number of carboxylic acid groups (broad SMARTS) is 1. The first-order valence-corrected chi connectivity index (χ1v) is 5.50. The van der Waals surface area contributed by atoms with Crippen molar-refractivity contribution in [2.24, 2.45) is 0 Å². The SMILES string of the molecule is CNC(CNC=Cc1cccc(C)c1)C(=O)O. The van der Waals surface area contributed by atoms with E-state index in [1.165, 1.54) is 5.56 Å². The number of nitrogens with one attached hydrogen (secondary N) is 2. The van der Waals surface area contributed by atoms with Gasteiger partial charge in [0.1, 0.15) is 6.04 Å². The van der Waals surface area contributed by atoms with E-state index in [4.69, 9.17) is 5.11 Å². The number of hydrogen-bond acceptors (Lipinski definition) is 3. The average molecular weight is 234 g/mol. The number of rotatable bonds is 6. The molecule has 0 spiro atoms. The third kappa shape index (κ3) is 4.70. The molecule has 0 amide bonds. The lowest BCUT2D eigenvalue weighted by Gasteiger charge is -2.10. The number of aliphatic carboxylic acids is 1. The van der Waals surface area contributed by atoms with Crippen LogP contribution in [-0.4, -0.2) is 30.7 Å². The Kier molecular flexibility index (Phi) is 5.23. The van der Waals surface area contributed by atoms with Crippen LogP contribution in [0.1, 0.15) is 11.1 Å². The summed E-state index contributed by atoms with van der Waals surface area (Å²) in [4.78, 5) is 10.7. The zero-order valence-electron chi connectivity index (χ0n) is 10.1. The predicted molar refractivity (Wildman–Crippen MR) is 68.7 cm³/mol. The van der Waals surface area contributed by atoms with Gasteiger partial charge in [-0.05, 0) is 31.8 Å². The number of likely N-dealkylation sites (N-methyl/N-ethyl adjacent to an activating group) is 1. The predicted octanol–water partition coefficient (Wildman–Crippen LogP) is 1.23. The first-order valence-electron chi connectivity index (χ1n) is 5.50. The van der Waals surface area contributed by atoms with Gasteiger partial charge in [-0.2, -0.15) is 0 Å². The Labute approximate surface area is 101 Å². The molecule has 92 valence electrons. The fraction of sp³-hybridized carbons (Fsp3) is 0.308. The molecule has 1 aromatic rings. The third-order valence-corrected chi connectivity index (χ3v) is 2.40. The molecule has 1 rings (SSSR count). The topological polar surface area (TPSA) is 61.4 Å². The van der Waals surface area contributed by atoms with Crippen molar-refractivity contribution in [3.05, 3.63) is 41.6 Å². The van der Waals surface area contributed by atoms with Crippen molar-refractivity contribution >= 4 is 12.0 Å². The summed E-state index contributed by atoms with van der Waals surface area (Å²) in [5.74, 6) is -0.857. The van der Waals surface area contributed by atoms with Gasteiger partial charge >= 0.3 is 5.97 Å². The molecule has 1 aromatic carbocycles. The van der Waals surface area contributed by atoms with E-state index in [1.807, 2.05) is 31.2 Å². The van der Waals surface area contributed by atoms with Crippen LogP contribution in [0, 0.1) is 6.92 Å². The number of hydrogen-bond donors (Lipinski definition) is 3. The van der Waals surface area contributed by atoms with Gasteiger partial charge in [-0.25, -0.2) is 0 Å². The second kappa shape index (κ2) is 6.70. The minimum atomic E-state index is -0.857. The standard InChI is InChI=1S/C13H18N2O2/c1-10-4-3-5-11(8-10)6-7-15-9-12(14-2)13(16)17/h3-8,12,14-15H,9H2,1-2H3,(H,16,17). The molecule has 17 heavy (non-hydrogen) atoms. The summed E-state index contributed by atoms with van der Waals surface area (Å²) < 4.78 is 0. The highest BCUT2D eigenvalue weighted by Crippen LogP contribution is 2.04. The van der Waals surface area contributed by atoms with Gasteiger partial charge in [0.2, 0.25) is 0 Å². The Morgan fingerprint density at radius 2 is 2.29 bits per heavy atom. The summed E-state index contributed by atoms with van der Waals surface area (Å²) in [6.07, 6.45) is 3.68. The van der Waals surface area contributed by atoms with E-state index < -0.39 is 12.0 Å². The van der Waals surface area contributed by atoms with Crippen molar-refractivity contribution < 1.29 is 9.90 Å². The fourth-order valence-corrected chi connectivity index (χ4v) is 1.43. The number of carboxylic acids is 1. The Morgan fingerprint density at radius 3 is 2.88 bits per heavy atom. The molecular formula is C13H18N2O2. The van der Waals surface area contributed by atoms with Gasteiger partial charge in [0.15, 0.2) is 0 Å². The maximum Gasteiger partial charge on any atom is 0.322 e. The maximum absolute atomic E-state index is 10.7. The van der Waals surface area contributed by atoms with Crippen LogP contribution in [0.5, 0.6) is 0 Å². The molecule has 0 aromatic heterocycles. The highest BCUT2D eigenvalue weighted by Gasteiger charge is 2.12. The van der Waals surface area contributed by atoms with Crippen molar-refractivity contribution in [2.75, 3.05) is 13.6 Å². The molecule has 0 fully saturated rings. The quantitative estimate of drug-likeness (QED) is 0.693. The summed E-state index contributed by atoms with van der Waals surface area (Å²) >= 11 is 0. The molecule has 0 aliphatic carbocycles. The molecule has 0 aliphatic rings. The second-order valence-electron chi connectivity index (χ2n) is 3.84. The Hall–Kier alpha value is -1.81. The highest BCUT2D eigenvalue weighted by atomic mass is 16.4. The van der Waals surface area contributed by atoms with Crippen molar-refractivity contribution in [3.63, 3.8) is 0 Å². The summed E-state index contributed by atoms with van der Waals surface area (Å²) in [6.45, 7) is 2.39. The number of aryl methyl sites for hydroxylation is 1. The van der Waals surface area contributed by atoms with Gasteiger partial charge in [-0.3, -0.25) is 4.79 Å². The first kappa shape index (κ1) is 13.3. The Bertz CT molecular complexity index is 402. The van der Waals surface area contributed by atoms with Gasteiger partial charge in [0.25, 0.3) is 0 Å². The van der Waals surface area contributed by atoms with Crippen LogP contribution in [0.4, 0.5) is 0 Å². The van der Waals surface area contributed by atoms with Crippen molar-refractivity contribution in [1.29, 1.82) is 0 Å². The van der Waals surface area contributed by atoms with Crippen LogP contribution < -0.4 is 10.6 Å². The minimum Gasteiger partial charge on any atom is -0.480 e. The molecule has 1 unspecified atom stereocenters. The molecule has 4 nitrogen and oxygen atoms in total.